The van der Waals surface area contributed by atoms with Crippen molar-refractivity contribution >= 4 is 34.7 Å². The molecule has 3 aromatic carbocycles. The van der Waals surface area contributed by atoms with Crippen LogP contribution in [0.5, 0.6) is 0 Å². The van der Waals surface area contributed by atoms with Crippen molar-refractivity contribution in [3.8, 4) is 22.5 Å². The van der Waals surface area contributed by atoms with Gasteiger partial charge >= 0.3 is 11.9 Å². The third-order valence-electron chi connectivity index (χ3n) is 12.5. The zero-order valence-corrected chi connectivity index (χ0v) is 33.4. The van der Waals surface area contributed by atoms with Gasteiger partial charge in [-0.1, -0.05) is 55.5 Å². The number of ether oxygens (including phenoxy) is 3. The zero-order valence-electron chi connectivity index (χ0n) is 33.4. The van der Waals surface area contributed by atoms with Crippen molar-refractivity contribution in [1.29, 1.82) is 0 Å². The fourth-order valence-electron chi connectivity index (χ4n) is 9.40. The van der Waals surface area contributed by atoms with Crippen LogP contribution in [-0.4, -0.2) is 57.9 Å². The van der Waals surface area contributed by atoms with Gasteiger partial charge in [-0.15, -0.1) is 0 Å². The number of nitrogens with one attached hydrogen (secondary N) is 2. The van der Waals surface area contributed by atoms with Gasteiger partial charge in [0, 0.05) is 28.5 Å². The molecule has 2 aliphatic heterocycles. The third-order valence-corrected chi connectivity index (χ3v) is 12.5. The average molecular weight is 815 g/mol. The van der Waals surface area contributed by atoms with E-state index in [-0.39, 0.29) is 62.3 Å². The summed E-state index contributed by atoms with van der Waals surface area (Å²) in [5.74, 6) is -2.94. The van der Waals surface area contributed by atoms with Crippen LogP contribution in [-0.2, 0) is 58.6 Å². The molecular weight excluding hydrogens is 772 g/mol. The first-order valence-corrected chi connectivity index (χ1v) is 20.2. The summed E-state index contributed by atoms with van der Waals surface area (Å²) in [7, 11) is 0. The molecule has 0 unspecified atom stereocenters. The lowest BCUT2D eigenvalue weighted by molar-refractivity contribution is -0.172. The molecule has 4 heterocycles. The van der Waals surface area contributed by atoms with E-state index in [0.29, 0.717) is 40.9 Å². The van der Waals surface area contributed by atoms with Crippen LogP contribution in [0.1, 0.15) is 96.0 Å². The Bertz CT molecular complexity index is 2680. The van der Waals surface area contributed by atoms with Gasteiger partial charge in [0.05, 0.1) is 47.6 Å². The SMILES string of the molecule is CC[C@@]1(O)C(=O)OCc2c1cc1n(c2=O)Cc2c-1nc1cc(F)c(C)c3c1c2[C@@H](NC(=O)C[C@@H](C)OCNC(=O)CC(=O)OCC1c2ccccc2-c2ccccc21)CC3. The Hall–Kier alpha value is -6.25. The number of nitrogens with zero attached hydrogens (tertiary/aromatic N) is 2. The molecule has 0 radical (unpaired) electrons. The number of carbonyl (C=O) groups excluding carboxylic acids is 4. The van der Waals surface area contributed by atoms with Crippen molar-refractivity contribution in [1.82, 2.24) is 20.2 Å². The second-order valence-electron chi connectivity index (χ2n) is 16.0. The molecule has 2 aromatic heterocycles. The van der Waals surface area contributed by atoms with Gasteiger partial charge in [0.1, 0.15) is 32.2 Å². The summed E-state index contributed by atoms with van der Waals surface area (Å²) >= 11 is 0. The largest absolute Gasteiger partial charge is 0.464 e. The number of hydrogen-bond donors (Lipinski definition) is 3. The molecule has 5 aromatic rings. The highest BCUT2D eigenvalue weighted by atomic mass is 19.1. The molecule has 0 saturated heterocycles. The number of aromatic nitrogens is 2. The number of hydrogen-bond acceptors (Lipinski definition) is 10. The number of fused-ring (bicyclic) bond motifs is 8. The highest BCUT2D eigenvalue weighted by Gasteiger charge is 2.46. The number of carbonyl (C=O) groups is 4. The van der Waals surface area contributed by atoms with Gasteiger partial charge in [-0.05, 0) is 78.1 Å². The van der Waals surface area contributed by atoms with Crippen LogP contribution in [0, 0.1) is 12.7 Å². The Balaban J connectivity index is 0.853. The van der Waals surface area contributed by atoms with Gasteiger partial charge in [0.25, 0.3) is 5.56 Å². The molecule has 0 saturated carbocycles. The molecule has 308 valence electrons. The summed E-state index contributed by atoms with van der Waals surface area (Å²) in [5, 5.41) is 17.8. The molecule has 14 heteroatoms. The van der Waals surface area contributed by atoms with Crippen LogP contribution in [0.4, 0.5) is 4.39 Å². The Morgan fingerprint density at radius 3 is 2.47 bits per heavy atom. The summed E-state index contributed by atoms with van der Waals surface area (Å²) in [6, 6.07) is 18.4. The van der Waals surface area contributed by atoms with Crippen molar-refractivity contribution in [3.63, 3.8) is 0 Å². The summed E-state index contributed by atoms with van der Waals surface area (Å²) in [6.07, 6.45) is -0.245. The monoisotopic (exact) mass is 814 g/mol. The molecule has 0 bridgehead atoms. The Morgan fingerprint density at radius 1 is 1.03 bits per heavy atom. The topological polar surface area (TPSA) is 175 Å². The van der Waals surface area contributed by atoms with Crippen molar-refractivity contribution < 1.29 is 42.9 Å². The maximum absolute atomic E-state index is 15.3. The molecule has 9 rings (SSSR count). The maximum Gasteiger partial charge on any atom is 0.343 e. The lowest BCUT2D eigenvalue weighted by atomic mass is 9.81. The molecule has 13 nitrogen and oxygen atoms in total. The Morgan fingerprint density at radius 2 is 1.75 bits per heavy atom. The van der Waals surface area contributed by atoms with Crippen LogP contribution in [0.2, 0.25) is 0 Å². The van der Waals surface area contributed by atoms with E-state index in [0.717, 1.165) is 38.8 Å². The van der Waals surface area contributed by atoms with Crippen LogP contribution < -0.4 is 16.2 Å². The number of amides is 2. The maximum atomic E-state index is 15.3. The molecule has 3 N–H and O–H groups in total. The summed E-state index contributed by atoms with van der Waals surface area (Å²) in [4.78, 5) is 70.4. The molecule has 2 aliphatic carbocycles. The van der Waals surface area contributed by atoms with Crippen molar-refractivity contribution in [3.05, 3.63) is 121 Å². The summed E-state index contributed by atoms with van der Waals surface area (Å²) in [5.41, 5.74) is 6.14. The first-order valence-electron chi connectivity index (χ1n) is 20.2. The average Bonchev–Trinajstić information content (AvgIpc) is 3.76. The molecule has 0 spiro atoms. The van der Waals surface area contributed by atoms with E-state index in [1.165, 1.54) is 10.6 Å². The number of rotatable bonds is 11. The van der Waals surface area contributed by atoms with E-state index < -0.39 is 53.4 Å². The predicted octanol–water partition coefficient (Wildman–Crippen LogP) is 5.25. The zero-order chi connectivity index (χ0) is 42.0. The van der Waals surface area contributed by atoms with E-state index in [1.54, 1.807) is 26.8 Å². The molecule has 60 heavy (non-hydrogen) atoms. The molecular formula is C46H43FN4O9. The van der Waals surface area contributed by atoms with Gasteiger partial charge in [-0.25, -0.2) is 14.2 Å². The minimum atomic E-state index is -2.01. The van der Waals surface area contributed by atoms with Crippen LogP contribution in [0.3, 0.4) is 0 Å². The van der Waals surface area contributed by atoms with E-state index in [1.807, 2.05) is 48.5 Å². The van der Waals surface area contributed by atoms with E-state index >= 15 is 4.39 Å². The molecule has 2 amide bonds. The van der Waals surface area contributed by atoms with Gasteiger partial charge in [-0.3, -0.25) is 19.2 Å². The first-order chi connectivity index (χ1) is 28.9. The second-order valence-corrected chi connectivity index (χ2v) is 16.0. The lowest BCUT2D eigenvalue weighted by Gasteiger charge is -2.31. The molecule has 0 fully saturated rings. The minimum absolute atomic E-state index is 0.0112. The summed E-state index contributed by atoms with van der Waals surface area (Å²) < 4.78 is 33.3. The molecule has 4 aliphatic rings. The van der Waals surface area contributed by atoms with Gasteiger partial charge in [0.2, 0.25) is 11.8 Å². The number of benzene rings is 3. The van der Waals surface area contributed by atoms with Crippen LogP contribution in [0.25, 0.3) is 33.4 Å². The van der Waals surface area contributed by atoms with Crippen molar-refractivity contribution in [2.45, 2.75) is 89.7 Å². The van der Waals surface area contributed by atoms with Crippen molar-refractivity contribution in [2.75, 3.05) is 13.3 Å². The van der Waals surface area contributed by atoms with Gasteiger partial charge in [0.15, 0.2) is 5.60 Å². The Labute approximate surface area is 343 Å². The Kier molecular flexibility index (Phi) is 9.87. The highest BCUT2D eigenvalue weighted by molar-refractivity contribution is 5.95. The lowest BCUT2D eigenvalue weighted by Crippen LogP contribution is -2.44. The van der Waals surface area contributed by atoms with Crippen LogP contribution >= 0.6 is 0 Å². The fourth-order valence-corrected chi connectivity index (χ4v) is 9.40. The standard InChI is InChI=1S/C46H43FN4O9/c1-4-46(57)33-16-37-43-30(19-51(37)44(55)32(33)21-59-45(46)56)42-35(14-13-25-24(3)34(47)17-36(50-43)41(25)42)49-39(53)15-23(2)60-22-48-38(52)18-40(54)58-20-31-28-11-7-5-9-26(28)27-10-6-8-12-29(27)31/h5-12,16-17,23,31,35,57H,4,13-15,18-22H2,1-3H3,(H,48,52)(H,49,53)/t23-,35+,46+/m1/s1. The van der Waals surface area contributed by atoms with Gasteiger partial charge < -0.3 is 34.5 Å². The number of aliphatic hydroxyl groups is 1. The van der Waals surface area contributed by atoms with Gasteiger partial charge in [-0.2, -0.15) is 0 Å². The van der Waals surface area contributed by atoms with E-state index in [9.17, 15) is 29.1 Å². The minimum Gasteiger partial charge on any atom is -0.464 e. The summed E-state index contributed by atoms with van der Waals surface area (Å²) in [6.45, 7) is 4.75. The third kappa shape index (κ3) is 6.45. The quantitative estimate of drug-likeness (QED) is 0.0891. The fraction of sp³-hybridized carbons (Fsp3) is 0.348. The first kappa shape index (κ1) is 39.2. The number of esters is 2. The van der Waals surface area contributed by atoms with Crippen molar-refractivity contribution in [2.24, 2.45) is 0 Å². The second kappa shape index (κ2) is 15.1. The smallest absolute Gasteiger partial charge is 0.343 e. The van der Waals surface area contributed by atoms with E-state index in [2.05, 4.69) is 10.6 Å². The normalized spacial score (nSPS) is 18.8. The number of pyridine rings is 2. The predicted molar refractivity (Wildman–Crippen MR) is 216 cm³/mol. The van der Waals surface area contributed by atoms with E-state index in [4.69, 9.17) is 19.2 Å². The molecule has 3 atom stereocenters. The number of halogens is 1. The number of aryl methyl sites for hydroxylation is 1. The van der Waals surface area contributed by atoms with Crippen LogP contribution in [0.15, 0.2) is 65.5 Å². The highest BCUT2D eigenvalue weighted by Crippen LogP contribution is 2.47. The number of cyclic esters (lactones) is 1.